The SMILES string of the molecule is COc1cccc(CN(c2ccc(Cl)cc2)S(=O)(=O)c2ccc(F)cc2)c1. The van der Waals surface area contributed by atoms with Gasteiger partial charge < -0.3 is 4.74 Å². The maximum atomic E-state index is 13.2. The number of hydrogen-bond donors (Lipinski definition) is 0. The van der Waals surface area contributed by atoms with Gasteiger partial charge in [0.1, 0.15) is 11.6 Å². The minimum absolute atomic E-state index is 0.00162. The molecule has 0 N–H and O–H groups in total. The van der Waals surface area contributed by atoms with E-state index < -0.39 is 15.8 Å². The highest BCUT2D eigenvalue weighted by atomic mass is 35.5. The molecule has 7 heteroatoms. The standard InChI is InChI=1S/C20H17ClFNO3S/c1-26-19-4-2-3-15(13-19)14-23(18-9-5-16(21)6-10-18)27(24,25)20-11-7-17(22)8-12-20/h2-13H,14H2,1H3. The Bertz CT molecular complexity index is 1020. The summed E-state index contributed by atoms with van der Waals surface area (Å²) < 4.78 is 46.2. The summed E-state index contributed by atoms with van der Waals surface area (Å²) in [6, 6.07) is 18.4. The van der Waals surface area contributed by atoms with E-state index in [4.69, 9.17) is 16.3 Å². The minimum Gasteiger partial charge on any atom is -0.497 e. The van der Waals surface area contributed by atoms with Crippen molar-refractivity contribution in [1.82, 2.24) is 0 Å². The van der Waals surface area contributed by atoms with Crippen LogP contribution in [0.3, 0.4) is 0 Å². The third kappa shape index (κ3) is 4.40. The maximum absolute atomic E-state index is 13.2. The summed E-state index contributed by atoms with van der Waals surface area (Å²) in [5.41, 5.74) is 1.20. The van der Waals surface area contributed by atoms with Crippen LogP contribution in [0, 0.1) is 5.82 Å². The van der Waals surface area contributed by atoms with Crippen LogP contribution in [0.15, 0.2) is 77.7 Å². The number of sulfonamides is 1. The van der Waals surface area contributed by atoms with Crippen molar-refractivity contribution in [3.63, 3.8) is 0 Å². The lowest BCUT2D eigenvalue weighted by atomic mass is 10.2. The van der Waals surface area contributed by atoms with Crippen LogP contribution in [0.5, 0.6) is 5.75 Å². The molecule has 3 rings (SSSR count). The zero-order valence-electron chi connectivity index (χ0n) is 14.5. The summed E-state index contributed by atoms with van der Waals surface area (Å²) in [4.78, 5) is 0.00162. The van der Waals surface area contributed by atoms with Gasteiger partial charge in [0.15, 0.2) is 0 Å². The van der Waals surface area contributed by atoms with Crippen LogP contribution >= 0.6 is 11.6 Å². The van der Waals surface area contributed by atoms with Gasteiger partial charge in [-0.25, -0.2) is 12.8 Å². The number of methoxy groups -OCH3 is 1. The molecule has 0 aliphatic carbocycles. The molecule has 0 spiro atoms. The number of halogens is 2. The summed E-state index contributed by atoms with van der Waals surface area (Å²) in [6.45, 7) is 0.0819. The number of rotatable bonds is 6. The molecule has 0 aromatic heterocycles. The predicted molar refractivity (Wildman–Crippen MR) is 104 cm³/mol. The summed E-state index contributed by atoms with van der Waals surface area (Å²) in [5, 5.41) is 0.499. The fraction of sp³-hybridized carbons (Fsp3) is 0.100. The molecule has 140 valence electrons. The number of benzene rings is 3. The molecule has 0 heterocycles. The highest BCUT2D eigenvalue weighted by molar-refractivity contribution is 7.92. The third-order valence-corrected chi connectivity index (χ3v) is 6.02. The molecule has 0 bridgehead atoms. The Labute approximate surface area is 162 Å². The lowest BCUT2D eigenvalue weighted by molar-refractivity contribution is 0.414. The lowest BCUT2D eigenvalue weighted by Gasteiger charge is -2.25. The van der Waals surface area contributed by atoms with E-state index in [1.54, 1.807) is 49.6 Å². The fourth-order valence-corrected chi connectivity index (χ4v) is 4.17. The Balaban J connectivity index is 2.06. The number of hydrogen-bond acceptors (Lipinski definition) is 3. The zero-order valence-corrected chi connectivity index (χ0v) is 16.0. The smallest absolute Gasteiger partial charge is 0.264 e. The van der Waals surface area contributed by atoms with Crippen molar-refractivity contribution in [3.8, 4) is 5.75 Å². The van der Waals surface area contributed by atoms with Crippen LogP contribution in [-0.4, -0.2) is 15.5 Å². The third-order valence-electron chi connectivity index (χ3n) is 3.98. The van der Waals surface area contributed by atoms with Crippen molar-refractivity contribution in [1.29, 1.82) is 0 Å². The van der Waals surface area contributed by atoms with Gasteiger partial charge in [0, 0.05) is 5.02 Å². The molecular weight excluding hydrogens is 389 g/mol. The van der Waals surface area contributed by atoms with Gasteiger partial charge in [-0.05, 0) is 66.2 Å². The second kappa shape index (κ2) is 7.98. The van der Waals surface area contributed by atoms with Crippen molar-refractivity contribution in [2.45, 2.75) is 11.4 Å². The van der Waals surface area contributed by atoms with E-state index in [0.717, 1.165) is 17.7 Å². The van der Waals surface area contributed by atoms with Crippen LogP contribution in [0.4, 0.5) is 10.1 Å². The molecule has 0 saturated carbocycles. The Morgan fingerprint density at radius 3 is 2.30 bits per heavy atom. The summed E-state index contributed by atoms with van der Waals surface area (Å²) >= 11 is 5.94. The second-order valence-electron chi connectivity index (χ2n) is 5.79. The number of anilines is 1. The Hall–Kier alpha value is -2.57. The van der Waals surface area contributed by atoms with Crippen LogP contribution in [0.2, 0.25) is 5.02 Å². The molecule has 3 aromatic rings. The molecule has 0 fully saturated rings. The van der Waals surface area contributed by atoms with Gasteiger partial charge in [0.2, 0.25) is 0 Å². The first kappa shape index (κ1) is 19.2. The van der Waals surface area contributed by atoms with Gasteiger partial charge >= 0.3 is 0 Å². The van der Waals surface area contributed by atoms with Crippen LogP contribution in [-0.2, 0) is 16.6 Å². The summed E-state index contributed by atoms with van der Waals surface area (Å²) in [6.07, 6.45) is 0. The van der Waals surface area contributed by atoms with Crippen LogP contribution in [0.1, 0.15) is 5.56 Å². The average molecular weight is 406 g/mol. The Morgan fingerprint density at radius 2 is 1.67 bits per heavy atom. The molecule has 0 aliphatic rings. The Kier molecular flexibility index (Phi) is 5.68. The summed E-state index contributed by atoms with van der Waals surface area (Å²) in [5.74, 6) is 0.127. The molecule has 0 saturated heterocycles. The normalized spacial score (nSPS) is 11.2. The van der Waals surface area contributed by atoms with E-state index in [0.29, 0.717) is 16.5 Å². The zero-order chi connectivity index (χ0) is 19.4. The van der Waals surface area contributed by atoms with E-state index in [2.05, 4.69) is 0 Å². The first-order valence-corrected chi connectivity index (χ1v) is 9.89. The number of nitrogens with zero attached hydrogens (tertiary/aromatic N) is 1. The maximum Gasteiger partial charge on any atom is 0.264 e. The molecule has 4 nitrogen and oxygen atoms in total. The van der Waals surface area contributed by atoms with Crippen molar-refractivity contribution in [2.75, 3.05) is 11.4 Å². The Morgan fingerprint density at radius 1 is 1.00 bits per heavy atom. The van der Waals surface area contributed by atoms with Crippen molar-refractivity contribution < 1.29 is 17.5 Å². The quantitative estimate of drug-likeness (QED) is 0.587. The predicted octanol–water partition coefficient (Wildman–Crippen LogP) is 4.88. The fourth-order valence-electron chi connectivity index (χ4n) is 2.59. The van der Waals surface area contributed by atoms with Gasteiger partial charge in [0.25, 0.3) is 10.0 Å². The van der Waals surface area contributed by atoms with E-state index in [-0.39, 0.29) is 11.4 Å². The van der Waals surface area contributed by atoms with Gasteiger partial charge in [-0.3, -0.25) is 4.31 Å². The van der Waals surface area contributed by atoms with E-state index in [9.17, 15) is 12.8 Å². The largest absolute Gasteiger partial charge is 0.497 e. The first-order valence-electron chi connectivity index (χ1n) is 8.07. The van der Waals surface area contributed by atoms with Crippen molar-refractivity contribution >= 4 is 27.3 Å². The van der Waals surface area contributed by atoms with Gasteiger partial charge in [-0.1, -0.05) is 23.7 Å². The summed E-state index contributed by atoms with van der Waals surface area (Å²) in [7, 11) is -2.37. The molecule has 0 unspecified atom stereocenters. The molecule has 0 aliphatic heterocycles. The second-order valence-corrected chi connectivity index (χ2v) is 8.09. The van der Waals surface area contributed by atoms with Crippen LogP contribution < -0.4 is 9.04 Å². The van der Waals surface area contributed by atoms with Crippen LogP contribution in [0.25, 0.3) is 0 Å². The molecule has 0 radical (unpaired) electrons. The van der Waals surface area contributed by atoms with Crippen molar-refractivity contribution in [2.24, 2.45) is 0 Å². The lowest BCUT2D eigenvalue weighted by Crippen LogP contribution is -2.30. The van der Waals surface area contributed by atoms with E-state index in [1.807, 2.05) is 6.07 Å². The monoisotopic (exact) mass is 405 g/mol. The van der Waals surface area contributed by atoms with Crippen molar-refractivity contribution in [3.05, 3.63) is 89.2 Å². The van der Waals surface area contributed by atoms with Gasteiger partial charge in [-0.15, -0.1) is 0 Å². The topological polar surface area (TPSA) is 46.6 Å². The molecule has 0 amide bonds. The van der Waals surface area contributed by atoms with Gasteiger partial charge in [-0.2, -0.15) is 0 Å². The minimum atomic E-state index is -3.92. The highest BCUT2D eigenvalue weighted by Gasteiger charge is 2.25. The first-order chi connectivity index (χ1) is 12.9. The van der Waals surface area contributed by atoms with Gasteiger partial charge in [0.05, 0.1) is 24.2 Å². The van der Waals surface area contributed by atoms with E-state index in [1.165, 1.54) is 16.4 Å². The molecular formula is C20H17ClFNO3S. The molecule has 0 atom stereocenters. The van der Waals surface area contributed by atoms with E-state index >= 15 is 0 Å². The molecule has 27 heavy (non-hydrogen) atoms. The number of ether oxygens (including phenoxy) is 1. The highest BCUT2D eigenvalue weighted by Crippen LogP contribution is 2.28. The molecule has 3 aromatic carbocycles. The average Bonchev–Trinajstić information content (AvgIpc) is 2.67.